The first-order chi connectivity index (χ1) is 9.97. The number of nitrogens with zero attached hydrogens (tertiary/aromatic N) is 3. The van der Waals surface area contributed by atoms with Gasteiger partial charge in [0, 0.05) is 19.9 Å². The average molecular weight is 287 g/mol. The van der Waals surface area contributed by atoms with E-state index in [0.29, 0.717) is 12.2 Å². The SMILES string of the molecule is CCCc1nc(CC(C)(C(=O)O)c2ccccc2)n(C)n1. The maximum atomic E-state index is 11.8. The number of benzene rings is 1. The molecule has 0 spiro atoms. The van der Waals surface area contributed by atoms with Gasteiger partial charge in [-0.3, -0.25) is 9.48 Å². The number of aryl methyl sites for hydroxylation is 2. The van der Waals surface area contributed by atoms with Crippen molar-refractivity contribution in [3.8, 4) is 0 Å². The molecule has 1 aromatic carbocycles. The van der Waals surface area contributed by atoms with Gasteiger partial charge in [0.15, 0.2) is 5.82 Å². The first-order valence-corrected chi connectivity index (χ1v) is 7.15. The van der Waals surface area contributed by atoms with Crippen LogP contribution in [-0.4, -0.2) is 25.8 Å². The van der Waals surface area contributed by atoms with Crippen molar-refractivity contribution in [2.45, 2.75) is 38.5 Å². The fourth-order valence-corrected chi connectivity index (χ4v) is 2.38. The predicted molar refractivity (Wildman–Crippen MR) is 80.1 cm³/mol. The van der Waals surface area contributed by atoms with Crippen LogP contribution in [0, 0.1) is 0 Å². The third-order valence-corrected chi connectivity index (χ3v) is 3.77. The van der Waals surface area contributed by atoms with Gasteiger partial charge in [0.2, 0.25) is 0 Å². The van der Waals surface area contributed by atoms with Crippen molar-refractivity contribution < 1.29 is 9.90 Å². The third-order valence-electron chi connectivity index (χ3n) is 3.77. The standard InChI is InChI=1S/C16H21N3O2/c1-4-8-13-17-14(19(3)18-13)11-16(2,15(20)21)12-9-6-5-7-10-12/h5-7,9-10H,4,8,11H2,1-3H3,(H,20,21). The van der Waals surface area contributed by atoms with Crippen LogP contribution in [-0.2, 0) is 30.1 Å². The molecule has 0 aliphatic rings. The average Bonchev–Trinajstić information content (AvgIpc) is 2.80. The van der Waals surface area contributed by atoms with Gasteiger partial charge in [-0.25, -0.2) is 4.98 Å². The van der Waals surface area contributed by atoms with Gasteiger partial charge in [-0.2, -0.15) is 5.10 Å². The minimum atomic E-state index is -1.01. The van der Waals surface area contributed by atoms with Crippen molar-refractivity contribution in [3.05, 3.63) is 47.5 Å². The third kappa shape index (κ3) is 3.12. The molecular weight excluding hydrogens is 266 g/mol. The Balaban J connectivity index is 2.35. The van der Waals surface area contributed by atoms with Gasteiger partial charge in [-0.05, 0) is 18.9 Å². The lowest BCUT2D eigenvalue weighted by Gasteiger charge is -2.24. The molecule has 5 heteroatoms. The van der Waals surface area contributed by atoms with Crippen LogP contribution >= 0.6 is 0 Å². The molecule has 1 aromatic heterocycles. The number of carbonyl (C=O) groups is 1. The molecule has 2 rings (SSSR count). The molecule has 1 heterocycles. The van der Waals surface area contributed by atoms with Crippen molar-refractivity contribution in [2.24, 2.45) is 7.05 Å². The second kappa shape index (κ2) is 6.08. The zero-order valence-electron chi connectivity index (χ0n) is 12.7. The largest absolute Gasteiger partial charge is 0.481 e. The van der Waals surface area contributed by atoms with E-state index in [1.807, 2.05) is 37.4 Å². The summed E-state index contributed by atoms with van der Waals surface area (Å²) in [6.07, 6.45) is 2.10. The van der Waals surface area contributed by atoms with Crippen molar-refractivity contribution in [2.75, 3.05) is 0 Å². The highest BCUT2D eigenvalue weighted by molar-refractivity contribution is 5.81. The fourth-order valence-electron chi connectivity index (χ4n) is 2.38. The van der Waals surface area contributed by atoms with E-state index in [2.05, 4.69) is 17.0 Å². The molecule has 5 nitrogen and oxygen atoms in total. The Labute approximate surface area is 124 Å². The predicted octanol–water partition coefficient (Wildman–Crippen LogP) is 2.35. The highest BCUT2D eigenvalue weighted by atomic mass is 16.4. The van der Waals surface area contributed by atoms with Crippen LogP contribution < -0.4 is 0 Å². The zero-order chi connectivity index (χ0) is 15.5. The molecule has 21 heavy (non-hydrogen) atoms. The second-order valence-corrected chi connectivity index (χ2v) is 5.50. The Hall–Kier alpha value is -2.17. The summed E-state index contributed by atoms with van der Waals surface area (Å²) >= 11 is 0. The summed E-state index contributed by atoms with van der Waals surface area (Å²) in [4.78, 5) is 16.3. The van der Waals surface area contributed by atoms with E-state index in [4.69, 9.17) is 0 Å². The quantitative estimate of drug-likeness (QED) is 0.885. The molecule has 0 fully saturated rings. The fraction of sp³-hybridized carbons (Fsp3) is 0.438. The van der Waals surface area contributed by atoms with Gasteiger partial charge >= 0.3 is 5.97 Å². The van der Waals surface area contributed by atoms with Gasteiger partial charge in [-0.1, -0.05) is 37.3 Å². The Morgan fingerprint density at radius 3 is 2.57 bits per heavy atom. The van der Waals surface area contributed by atoms with Crippen molar-refractivity contribution >= 4 is 5.97 Å². The highest BCUT2D eigenvalue weighted by Crippen LogP contribution is 2.28. The molecule has 1 atom stereocenters. The summed E-state index contributed by atoms with van der Waals surface area (Å²) in [6.45, 7) is 3.81. The number of hydrogen-bond donors (Lipinski definition) is 1. The van der Waals surface area contributed by atoms with E-state index < -0.39 is 11.4 Å². The number of rotatable bonds is 6. The van der Waals surface area contributed by atoms with Crippen molar-refractivity contribution in [1.29, 1.82) is 0 Å². The van der Waals surface area contributed by atoms with Crippen LogP contribution in [0.4, 0.5) is 0 Å². The van der Waals surface area contributed by atoms with Crippen LogP contribution in [0.25, 0.3) is 0 Å². The number of carboxylic acid groups (broad SMARTS) is 1. The monoisotopic (exact) mass is 287 g/mol. The van der Waals surface area contributed by atoms with E-state index in [0.717, 1.165) is 24.2 Å². The van der Waals surface area contributed by atoms with E-state index >= 15 is 0 Å². The summed E-state index contributed by atoms with van der Waals surface area (Å²) in [5, 5.41) is 14.0. The molecule has 0 aliphatic heterocycles. The lowest BCUT2D eigenvalue weighted by molar-refractivity contribution is -0.143. The van der Waals surface area contributed by atoms with Gasteiger partial charge < -0.3 is 5.11 Å². The maximum Gasteiger partial charge on any atom is 0.314 e. The van der Waals surface area contributed by atoms with Gasteiger partial charge in [0.1, 0.15) is 5.82 Å². The molecule has 0 bridgehead atoms. The first kappa shape index (κ1) is 15.2. The molecule has 112 valence electrons. The smallest absolute Gasteiger partial charge is 0.314 e. The van der Waals surface area contributed by atoms with Crippen LogP contribution in [0.15, 0.2) is 30.3 Å². The van der Waals surface area contributed by atoms with E-state index in [1.54, 1.807) is 11.6 Å². The molecule has 0 amide bonds. The molecule has 1 N–H and O–H groups in total. The lowest BCUT2D eigenvalue weighted by atomic mass is 9.79. The summed E-state index contributed by atoms with van der Waals surface area (Å²) < 4.78 is 1.69. The van der Waals surface area contributed by atoms with Crippen LogP contribution in [0.1, 0.15) is 37.5 Å². The van der Waals surface area contributed by atoms with Crippen molar-refractivity contribution in [1.82, 2.24) is 14.8 Å². The Kier molecular flexibility index (Phi) is 4.40. The molecule has 0 radical (unpaired) electrons. The van der Waals surface area contributed by atoms with Crippen LogP contribution in [0.2, 0.25) is 0 Å². The molecule has 0 saturated carbocycles. The lowest BCUT2D eigenvalue weighted by Crippen LogP contribution is -2.35. The molecule has 2 aromatic rings. The highest BCUT2D eigenvalue weighted by Gasteiger charge is 2.37. The summed E-state index contributed by atoms with van der Waals surface area (Å²) in [5.41, 5.74) is -0.233. The minimum absolute atomic E-state index is 0.319. The zero-order valence-corrected chi connectivity index (χ0v) is 12.7. The van der Waals surface area contributed by atoms with Gasteiger partial charge in [0.05, 0.1) is 5.41 Å². The topological polar surface area (TPSA) is 68.0 Å². The molecular formula is C16H21N3O2. The molecule has 1 unspecified atom stereocenters. The Bertz CT molecular complexity index is 622. The number of hydrogen-bond acceptors (Lipinski definition) is 3. The van der Waals surface area contributed by atoms with Gasteiger partial charge in [-0.15, -0.1) is 0 Å². The Morgan fingerprint density at radius 1 is 1.33 bits per heavy atom. The normalized spacial score (nSPS) is 13.9. The number of aromatic nitrogens is 3. The molecule has 0 saturated heterocycles. The second-order valence-electron chi connectivity index (χ2n) is 5.50. The Morgan fingerprint density at radius 2 is 2.00 bits per heavy atom. The van der Waals surface area contributed by atoms with Crippen LogP contribution in [0.3, 0.4) is 0 Å². The number of carboxylic acids is 1. The molecule has 0 aliphatic carbocycles. The minimum Gasteiger partial charge on any atom is -0.481 e. The summed E-state index contributed by atoms with van der Waals surface area (Å²) in [5.74, 6) is 0.622. The van der Waals surface area contributed by atoms with E-state index in [9.17, 15) is 9.90 Å². The van der Waals surface area contributed by atoms with Crippen LogP contribution in [0.5, 0.6) is 0 Å². The van der Waals surface area contributed by atoms with Crippen molar-refractivity contribution in [3.63, 3.8) is 0 Å². The summed E-state index contributed by atoms with van der Waals surface area (Å²) in [7, 11) is 1.81. The van der Waals surface area contributed by atoms with E-state index in [-0.39, 0.29) is 0 Å². The summed E-state index contributed by atoms with van der Waals surface area (Å²) in [6, 6.07) is 9.29. The van der Waals surface area contributed by atoms with E-state index in [1.165, 1.54) is 0 Å². The maximum absolute atomic E-state index is 11.8. The van der Waals surface area contributed by atoms with Gasteiger partial charge in [0.25, 0.3) is 0 Å². The first-order valence-electron chi connectivity index (χ1n) is 7.15. The number of aliphatic carboxylic acids is 1.